The molecule has 2 rings (SSSR count). The van der Waals surface area contributed by atoms with Crippen molar-refractivity contribution in [1.29, 1.82) is 0 Å². The smallest absolute Gasteiger partial charge is 0.225 e. The van der Waals surface area contributed by atoms with Gasteiger partial charge in [-0.05, 0) is 24.1 Å². The summed E-state index contributed by atoms with van der Waals surface area (Å²) >= 11 is 3.38. The maximum absolute atomic E-state index is 12.3. The lowest BCUT2D eigenvalue weighted by atomic mass is 10.0. The summed E-state index contributed by atoms with van der Waals surface area (Å²) in [5.74, 6) is -0.113. The molecule has 0 spiro atoms. The van der Waals surface area contributed by atoms with E-state index in [1.165, 1.54) is 6.92 Å². The Morgan fingerprint density at radius 2 is 2.10 bits per heavy atom. The average Bonchev–Trinajstić information content (AvgIpc) is 2.85. The number of hydrogen-bond acceptors (Lipinski definition) is 3. The molecule has 2 atom stereocenters. The van der Waals surface area contributed by atoms with Crippen molar-refractivity contribution < 1.29 is 9.59 Å². The number of rotatable bonds is 4. The first-order chi connectivity index (χ1) is 9.95. The summed E-state index contributed by atoms with van der Waals surface area (Å²) in [7, 11) is 0. The van der Waals surface area contributed by atoms with Gasteiger partial charge in [0.25, 0.3) is 0 Å². The lowest BCUT2D eigenvalue weighted by Crippen LogP contribution is -2.36. The van der Waals surface area contributed by atoms with Crippen molar-refractivity contribution >= 4 is 27.7 Å². The Labute approximate surface area is 133 Å². The maximum Gasteiger partial charge on any atom is 0.225 e. The lowest BCUT2D eigenvalue weighted by Gasteiger charge is -2.22. The SMILES string of the molecule is CC(=O)N[C@H](CC(=O)N1CC[C@H](N)C1)c1ccc(Br)cc1. The van der Waals surface area contributed by atoms with Crippen LogP contribution in [0.25, 0.3) is 0 Å². The van der Waals surface area contributed by atoms with Crippen LogP contribution in [0.1, 0.15) is 31.4 Å². The van der Waals surface area contributed by atoms with Crippen LogP contribution >= 0.6 is 15.9 Å². The second-order valence-electron chi connectivity index (χ2n) is 5.40. The summed E-state index contributed by atoms with van der Waals surface area (Å²) in [6, 6.07) is 7.39. The number of hydrogen-bond donors (Lipinski definition) is 2. The van der Waals surface area contributed by atoms with Gasteiger partial charge < -0.3 is 16.0 Å². The van der Waals surface area contributed by atoms with Gasteiger partial charge in [-0.2, -0.15) is 0 Å². The summed E-state index contributed by atoms with van der Waals surface area (Å²) in [6.07, 6.45) is 1.10. The van der Waals surface area contributed by atoms with E-state index < -0.39 is 0 Å². The fraction of sp³-hybridized carbons (Fsp3) is 0.467. The molecule has 3 N–H and O–H groups in total. The first-order valence-electron chi connectivity index (χ1n) is 7.01. The number of nitrogens with one attached hydrogen (secondary N) is 1. The Morgan fingerprint density at radius 1 is 1.43 bits per heavy atom. The quantitative estimate of drug-likeness (QED) is 0.862. The van der Waals surface area contributed by atoms with Crippen LogP contribution in [0.3, 0.4) is 0 Å². The molecule has 1 aliphatic rings. The largest absolute Gasteiger partial charge is 0.349 e. The van der Waals surface area contributed by atoms with Crippen molar-refractivity contribution in [3.8, 4) is 0 Å². The van der Waals surface area contributed by atoms with Crippen molar-refractivity contribution in [2.45, 2.75) is 31.8 Å². The van der Waals surface area contributed by atoms with E-state index in [-0.39, 0.29) is 30.3 Å². The number of carbonyl (C=O) groups is 2. The molecule has 0 radical (unpaired) electrons. The zero-order valence-electron chi connectivity index (χ0n) is 12.0. The zero-order valence-corrected chi connectivity index (χ0v) is 13.6. The standard InChI is InChI=1S/C15H20BrN3O2/c1-10(20)18-14(11-2-4-12(16)5-3-11)8-15(21)19-7-6-13(17)9-19/h2-5,13-14H,6-9,17H2,1H3,(H,18,20)/t13-,14+/m0/s1. The molecule has 5 nitrogen and oxygen atoms in total. The molecular formula is C15H20BrN3O2. The minimum atomic E-state index is -0.306. The van der Waals surface area contributed by atoms with E-state index in [0.29, 0.717) is 13.1 Å². The Bertz CT molecular complexity index is 518. The van der Waals surface area contributed by atoms with Crippen LogP contribution in [-0.4, -0.2) is 35.8 Å². The van der Waals surface area contributed by atoms with Gasteiger partial charge in [0.1, 0.15) is 0 Å². The molecule has 114 valence electrons. The van der Waals surface area contributed by atoms with Crippen molar-refractivity contribution in [1.82, 2.24) is 10.2 Å². The van der Waals surface area contributed by atoms with Gasteiger partial charge in [-0.1, -0.05) is 28.1 Å². The number of halogens is 1. The highest BCUT2D eigenvalue weighted by Gasteiger charge is 2.26. The molecule has 2 amide bonds. The summed E-state index contributed by atoms with van der Waals surface area (Å²) in [6.45, 7) is 2.77. The van der Waals surface area contributed by atoms with Crippen LogP contribution in [0.5, 0.6) is 0 Å². The van der Waals surface area contributed by atoms with Gasteiger partial charge in [-0.3, -0.25) is 9.59 Å². The topological polar surface area (TPSA) is 75.4 Å². The van der Waals surface area contributed by atoms with Gasteiger partial charge in [0.05, 0.1) is 12.5 Å². The lowest BCUT2D eigenvalue weighted by molar-refractivity contribution is -0.131. The van der Waals surface area contributed by atoms with E-state index in [1.807, 2.05) is 24.3 Å². The maximum atomic E-state index is 12.3. The second-order valence-corrected chi connectivity index (χ2v) is 6.31. The molecule has 0 aliphatic carbocycles. The van der Waals surface area contributed by atoms with Crippen LogP contribution in [0.15, 0.2) is 28.7 Å². The van der Waals surface area contributed by atoms with Gasteiger partial charge in [0.15, 0.2) is 0 Å². The van der Waals surface area contributed by atoms with E-state index in [4.69, 9.17) is 5.73 Å². The van der Waals surface area contributed by atoms with E-state index in [1.54, 1.807) is 4.90 Å². The third-order valence-electron chi connectivity index (χ3n) is 3.61. The molecule has 1 aromatic carbocycles. The van der Waals surface area contributed by atoms with Crippen molar-refractivity contribution in [3.05, 3.63) is 34.3 Å². The van der Waals surface area contributed by atoms with Crippen molar-refractivity contribution in [3.63, 3.8) is 0 Å². The van der Waals surface area contributed by atoms with Gasteiger partial charge in [0, 0.05) is 30.5 Å². The predicted molar refractivity (Wildman–Crippen MR) is 84.5 cm³/mol. The van der Waals surface area contributed by atoms with Gasteiger partial charge in [0.2, 0.25) is 11.8 Å². The molecule has 1 heterocycles. The van der Waals surface area contributed by atoms with Gasteiger partial charge in [-0.25, -0.2) is 0 Å². The Morgan fingerprint density at radius 3 is 2.62 bits per heavy atom. The number of nitrogens with two attached hydrogens (primary N) is 1. The van der Waals surface area contributed by atoms with Crippen LogP contribution in [0.4, 0.5) is 0 Å². The van der Waals surface area contributed by atoms with Crippen LogP contribution in [0.2, 0.25) is 0 Å². The Hall–Kier alpha value is -1.40. The second kappa shape index (κ2) is 7.04. The average molecular weight is 354 g/mol. The monoisotopic (exact) mass is 353 g/mol. The molecule has 1 aromatic rings. The summed E-state index contributed by atoms with van der Waals surface area (Å²) in [4.78, 5) is 25.5. The number of nitrogens with zero attached hydrogens (tertiary/aromatic N) is 1. The normalized spacial score (nSPS) is 19.4. The van der Waals surface area contributed by atoms with Crippen molar-refractivity contribution in [2.24, 2.45) is 5.73 Å². The van der Waals surface area contributed by atoms with Crippen LogP contribution in [-0.2, 0) is 9.59 Å². The van der Waals surface area contributed by atoms with Crippen LogP contribution in [0, 0.1) is 0 Å². The van der Waals surface area contributed by atoms with E-state index in [9.17, 15) is 9.59 Å². The summed E-state index contributed by atoms with van der Waals surface area (Å²) in [5, 5.41) is 2.85. The first kappa shape index (κ1) is 16.0. The number of amides is 2. The van der Waals surface area contributed by atoms with E-state index in [2.05, 4.69) is 21.2 Å². The molecule has 21 heavy (non-hydrogen) atoms. The molecule has 1 aliphatic heterocycles. The Kier molecular flexibility index (Phi) is 5.36. The molecule has 0 aromatic heterocycles. The highest BCUT2D eigenvalue weighted by molar-refractivity contribution is 9.10. The number of benzene rings is 1. The van der Waals surface area contributed by atoms with E-state index in [0.717, 1.165) is 16.5 Å². The molecule has 0 saturated carbocycles. The van der Waals surface area contributed by atoms with Crippen LogP contribution < -0.4 is 11.1 Å². The number of likely N-dealkylation sites (tertiary alicyclic amines) is 1. The summed E-state index contributed by atoms with van der Waals surface area (Å²) in [5.41, 5.74) is 6.75. The molecule has 0 bridgehead atoms. The van der Waals surface area contributed by atoms with Crippen molar-refractivity contribution in [2.75, 3.05) is 13.1 Å². The summed E-state index contributed by atoms with van der Waals surface area (Å²) < 4.78 is 0.963. The molecular weight excluding hydrogens is 334 g/mol. The minimum Gasteiger partial charge on any atom is -0.349 e. The fourth-order valence-electron chi connectivity index (χ4n) is 2.51. The predicted octanol–water partition coefficient (Wildman–Crippen LogP) is 1.58. The molecule has 1 fully saturated rings. The zero-order chi connectivity index (χ0) is 15.4. The Balaban J connectivity index is 2.07. The number of carbonyl (C=O) groups excluding carboxylic acids is 2. The third kappa shape index (κ3) is 4.54. The van der Waals surface area contributed by atoms with E-state index >= 15 is 0 Å². The molecule has 0 unspecified atom stereocenters. The minimum absolute atomic E-state index is 0.0321. The van der Waals surface area contributed by atoms with Gasteiger partial charge >= 0.3 is 0 Å². The third-order valence-corrected chi connectivity index (χ3v) is 4.13. The van der Waals surface area contributed by atoms with Gasteiger partial charge in [-0.15, -0.1) is 0 Å². The first-order valence-corrected chi connectivity index (χ1v) is 7.81. The highest BCUT2D eigenvalue weighted by atomic mass is 79.9. The fourth-order valence-corrected chi connectivity index (χ4v) is 2.77. The highest BCUT2D eigenvalue weighted by Crippen LogP contribution is 2.21. The molecule has 1 saturated heterocycles. The molecule has 6 heteroatoms.